The monoisotopic (exact) mass is 407 g/mol. The van der Waals surface area contributed by atoms with Gasteiger partial charge < -0.3 is 9.64 Å². The maximum atomic E-state index is 13.0. The lowest BCUT2D eigenvalue weighted by Gasteiger charge is -2.32. The number of carbonyl (C=O) groups excluding carboxylic acids is 3. The van der Waals surface area contributed by atoms with Crippen LogP contribution in [0.1, 0.15) is 41.7 Å². The molecule has 7 heteroatoms. The molecule has 0 bridgehead atoms. The molecule has 2 aliphatic heterocycles. The maximum Gasteiger partial charge on any atom is 0.253 e. The van der Waals surface area contributed by atoms with Gasteiger partial charge in [-0.3, -0.25) is 19.3 Å². The minimum Gasteiger partial charge on any atom is -0.477 e. The van der Waals surface area contributed by atoms with Gasteiger partial charge in [0.25, 0.3) is 5.91 Å². The van der Waals surface area contributed by atoms with Gasteiger partial charge in [-0.05, 0) is 50.1 Å². The molecule has 2 fully saturated rings. The largest absolute Gasteiger partial charge is 0.477 e. The van der Waals surface area contributed by atoms with Crippen molar-refractivity contribution in [2.45, 2.75) is 32.6 Å². The van der Waals surface area contributed by atoms with E-state index in [0.29, 0.717) is 36.8 Å². The fourth-order valence-electron chi connectivity index (χ4n) is 3.99. The number of likely N-dealkylation sites (tertiary alicyclic amines) is 1. The number of benzene rings is 1. The van der Waals surface area contributed by atoms with Crippen LogP contribution in [0.5, 0.6) is 5.88 Å². The summed E-state index contributed by atoms with van der Waals surface area (Å²) < 4.78 is 5.83. The molecule has 0 spiro atoms. The summed E-state index contributed by atoms with van der Waals surface area (Å²) in [6.45, 7) is 3.80. The highest BCUT2D eigenvalue weighted by Crippen LogP contribution is 2.24. The molecule has 4 rings (SSSR count). The number of aromatic nitrogens is 1. The van der Waals surface area contributed by atoms with Crippen LogP contribution < -0.4 is 9.64 Å². The number of aryl methyl sites for hydroxylation is 1. The number of anilines is 1. The van der Waals surface area contributed by atoms with E-state index in [-0.39, 0.29) is 36.5 Å². The van der Waals surface area contributed by atoms with Gasteiger partial charge in [0, 0.05) is 49.2 Å². The van der Waals surface area contributed by atoms with Crippen LogP contribution in [0.2, 0.25) is 0 Å². The zero-order chi connectivity index (χ0) is 21.1. The number of rotatable bonds is 5. The van der Waals surface area contributed by atoms with Gasteiger partial charge >= 0.3 is 0 Å². The summed E-state index contributed by atoms with van der Waals surface area (Å²) >= 11 is 0. The number of ether oxygens (including phenoxy) is 1. The molecule has 0 N–H and O–H groups in total. The van der Waals surface area contributed by atoms with E-state index in [1.807, 2.05) is 30.0 Å². The van der Waals surface area contributed by atoms with Crippen LogP contribution in [-0.4, -0.2) is 47.3 Å². The molecular weight excluding hydrogens is 382 g/mol. The molecule has 2 saturated heterocycles. The van der Waals surface area contributed by atoms with Crippen molar-refractivity contribution in [3.63, 3.8) is 0 Å². The van der Waals surface area contributed by atoms with Gasteiger partial charge in [0.2, 0.25) is 17.7 Å². The number of hydrogen-bond acceptors (Lipinski definition) is 5. The van der Waals surface area contributed by atoms with Gasteiger partial charge in [0.15, 0.2) is 0 Å². The lowest BCUT2D eigenvalue weighted by atomic mass is 9.98. The number of amides is 3. The molecular formula is C23H25N3O4. The molecule has 3 heterocycles. The van der Waals surface area contributed by atoms with E-state index < -0.39 is 0 Å². The molecule has 0 saturated carbocycles. The Morgan fingerprint density at radius 3 is 2.53 bits per heavy atom. The Labute approximate surface area is 175 Å². The van der Waals surface area contributed by atoms with Crippen LogP contribution in [0.15, 0.2) is 42.5 Å². The molecule has 1 aromatic carbocycles. The third-order valence-corrected chi connectivity index (χ3v) is 5.56. The highest BCUT2D eigenvalue weighted by atomic mass is 16.5. The second-order valence-corrected chi connectivity index (χ2v) is 7.86. The standard InChI is InChI=1S/C23H25N3O4/c1-16-4-2-6-20(24-16)30-15-17-5-3-13-25(14-17)23(29)18-7-9-19(10-8-18)26-21(27)11-12-22(26)28/h2,4,6-10,17H,3,5,11-15H2,1H3. The number of piperidine rings is 1. The van der Waals surface area contributed by atoms with Crippen LogP contribution in [0.3, 0.4) is 0 Å². The molecule has 1 aromatic heterocycles. The smallest absolute Gasteiger partial charge is 0.253 e. The Bertz CT molecular complexity index is 941. The van der Waals surface area contributed by atoms with E-state index >= 15 is 0 Å². The number of hydrogen-bond donors (Lipinski definition) is 0. The van der Waals surface area contributed by atoms with Crippen molar-refractivity contribution in [2.24, 2.45) is 5.92 Å². The summed E-state index contributed by atoms with van der Waals surface area (Å²) in [7, 11) is 0. The van der Waals surface area contributed by atoms with Crippen molar-refractivity contribution >= 4 is 23.4 Å². The van der Waals surface area contributed by atoms with Gasteiger partial charge in [-0.15, -0.1) is 0 Å². The molecule has 0 radical (unpaired) electrons. The fourth-order valence-corrected chi connectivity index (χ4v) is 3.99. The first-order chi connectivity index (χ1) is 14.5. The molecule has 30 heavy (non-hydrogen) atoms. The Morgan fingerprint density at radius 1 is 1.10 bits per heavy atom. The number of carbonyl (C=O) groups is 3. The summed E-state index contributed by atoms with van der Waals surface area (Å²) in [5, 5.41) is 0. The predicted molar refractivity (Wildman–Crippen MR) is 111 cm³/mol. The van der Waals surface area contributed by atoms with Crippen molar-refractivity contribution in [2.75, 3.05) is 24.6 Å². The molecule has 1 atom stereocenters. The normalized spacial score (nSPS) is 19.3. The Hall–Kier alpha value is -3.22. The van der Waals surface area contributed by atoms with Crippen LogP contribution in [0, 0.1) is 12.8 Å². The molecule has 2 aliphatic rings. The van der Waals surface area contributed by atoms with Crippen LogP contribution >= 0.6 is 0 Å². The van der Waals surface area contributed by atoms with Gasteiger partial charge in [-0.25, -0.2) is 4.98 Å². The van der Waals surface area contributed by atoms with Gasteiger partial charge in [0.05, 0.1) is 12.3 Å². The zero-order valence-electron chi connectivity index (χ0n) is 17.0. The lowest BCUT2D eigenvalue weighted by Crippen LogP contribution is -2.41. The third kappa shape index (κ3) is 4.35. The van der Waals surface area contributed by atoms with E-state index in [0.717, 1.165) is 18.5 Å². The molecule has 0 aliphatic carbocycles. The van der Waals surface area contributed by atoms with E-state index in [4.69, 9.17) is 4.74 Å². The van der Waals surface area contributed by atoms with Crippen LogP contribution in [0.25, 0.3) is 0 Å². The number of nitrogens with zero attached hydrogens (tertiary/aromatic N) is 3. The summed E-state index contributed by atoms with van der Waals surface area (Å²) in [6.07, 6.45) is 2.42. The second kappa shape index (κ2) is 8.65. The molecule has 7 nitrogen and oxygen atoms in total. The van der Waals surface area contributed by atoms with Crippen molar-refractivity contribution in [1.82, 2.24) is 9.88 Å². The van der Waals surface area contributed by atoms with Crippen LogP contribution in [0.4, 0.5) is 5.69 Å². The Balaban J connectivity index is 1.37. The van der Waals surface area contributed by atoms with Crippen molar-refractivity contribution in [1.29, 1.82) is 0 Å². The summed E-state index contributed by atoms with van der Waals surface area (Å²) in [5.41, 5.74) is 1.99. The van der Waals surface area contributed by atoms with Crippen molar-refractivity contribution in [3.05, 3.63) is 53.7 Å². The average Bonchev–Trinajstić information content (AvgIpc) is 3.10. The van der Waals surface area contributed by atoms with Gasteiger partial charge in [-0.1, -0.05) is 6.07 Å². The zero-order valence-corrected chi connectivity index (χ0v) is 17.0. The fraction of sp³-hybridized carbons (Fsp3) is 0.391. The minimum absolute atomic E-state index is 0.0426. The quantitative estimate of drug-likeness (QED) is 0.712. The summed E-state index contributed by atoms with van der Waals surface area (Å²) in [6, 6.07) is 12.4. The van der Waals surface area contributed by atoms with Crippen molar-refractivity contribution in [3.8, 4) is 5.88 Å². The average molecular weight is 407 g/mol. The molecule has 156 valence electrons. The highest BCUT2D eigenvalue weighted by molar-refractivity contribution is 6.19. The predicted octanol–water partition coefficient (Wildman–Crippen LogP) is 2.97. The first-order valence-electron chi connectivity index (χ1n) is 10.3. The second-order valence-electron chi connectivity index (χ2n) is 7.86. The Kier molecular flexibility index (Phi) is 5.79. The summed E-state index contributed by atoms with van der Waals surface area (Å²) in [5.74, 6) is 0.435. The lowest BCUT2D eigenvalue weighted by molar-refractivity contribution is -0.121. The van der Waals surface area contributed by atoms with Crippen LogP contribution in [-0.2, 0) is 9.59 Å². The van der Waals surface area contributed by atoms with E-state index in [2.05, 4.69) is 4.98 Å². The minimum atomic E-state index is -0.193. The first kappa shape index (κ1) is 20.1. The first-order valence-corrected chi connectivity index (χ1v) is 10.3. The SMILES string of the molecule is Cc1cccc(OCC2CCCN(C(=O)c3ccc(N4C(=O)CCC4=O)cc3)C2)n1. The highest BCUT2D eigenvalue weighted by Gasteiger charge is 2.30. The van der Waals surface area contributed by atoms with E-state index in [1.165, 1.54) is 4.90 Å². The third-order valence-electron chi connectivity index (χ3n) is 5.56. The Morgan fingerprint density at radius 2 is 1.83 bits per heavy atom. The molecule has 3 amide bonds. The van der Waals surface area contributed by atoms with E-state index in [9.17, 15) is 14.4 Å². The van der Waals surface area contributed by atoms with E-state index in [1.54, 1.807) is 24.3 Å². The topological polar surface area (TPSA) is 79.8 Å². The molecule has 2 aromatic rings. The number of imide groups is 1. The molecule has 1 unspecified atom stereocenters. The van der Waals surface area contributed by atoms with Gasteiger partial charge in [0.1, 0.15) is 0 Å². The van der Waals surface area contributed by atoms with Crippen molar-refractivity contribution < 1.29 is 19.1 Å². The maximum absolute atomic E-state index is 13.0. The number of pyridine rings is 1. The van der Waals surface area contributed by atoms with Gasteiger partial charge in [-0.2, -0.15) is 0 Å². The summed E-state index contributed by atoms with van der Waals surface area (Å²) in [4.78, 5) is 44.1.